The van der Waals surface area contributed by atoms with Gasteiger partial charge < -0.3 is 9.64 Å². The highest BCUT2D eigenvalue weighted by Gasteiger charge is 2.29. The van der Waals surface area contributed by atoms with Crippen LogP contribution in [0.4, 0.5) is 0 Å². The zero-order valence-electron chi connectivity index (χ0n) is 16.1. The fraction of sp³-hybridized carbons (Fsp3) is 0.250. The minimum Gasteiger partial charge on any atom is -0.480 e. The summed E-state index contributed by atoms with van der Waals surface area (Å²) in [5, 5.41) is 0.843. The summed E-state index contributed by atoms with van der Waals surface area (Å²) in [6.07, 6.45) is 7.42. The molecule has 1 atom stereocenters. The Bertz CT molecular complexity index is 1020. The highest BCUT2D eigenvalue weighted by molar-refractivity contribution is 8.18. The average Bonchev–Trinajstić information content (AvgIpc) is 3.15. The van der Waals surface area contributed by atoms with Crippen LogP contribution in [0.15, 0.2) is 76.1 Å². The van der Waals surface area contributed by atoms with Gasteiger partial charge in [0, 0.05) is 18.7 Å². The molecule has 3 aliphatic rings. The molecule has 1 saturated heterocycles. The van der Waals surface area contributed by atoms with E-state index in [0.29, 0.717) is 4.91 Å². The number of benzene rings is 2. The summed E-state index contributed by atoms with van der Waals surface area (Å²) < 4.78 is 6.34. The molecule has 2 aromatic carbocycles. The van der Waals surface area contributed by atoms with E-state index in [1.807, 2.05) is 48.5 Å². The Morgan fingerprint density at radius 2 is 1.76 bits per heavy atom. The Morgan fingerprint density at radius 1 is 1.00 bits per heavy atom. The number of thioether (sulfide) groups is 1. The van der Waals surface area contributed by atoms with Crippen LogP contribution in [0.1, 0.15) is 36.5 Å². The van der Waals surface area contributed by atoms with E-state index in [1.165, 1.54) is 31.0 Å². The SMILES string of the molecule is O=C1N=C(N2CCCCC2)SC1=CC1=Cc2ccccc2OC1c1ccccc1. The molecule has 0 aliphatic carbocycles. The molecule has 2 aromatic rings. The van der Waals surface area contributed by atoms with Crippen molar-refractivity contribution in [3.05, 3.63) is 82.3 Å². The zero-order valence-corrected chi connectivity index (χ0v) is 16.9. The van der Waals surface area contributed by atoms with Crippen molar-refractivity contribution in [2.75, 3.05) is 13.1 Å². The normalized spacial score (nSPS) is 22.8. The first kappa shape index (κ1) is 18.3. The number of ether oxygens (including phenoxy) is 1. The summed E-state index contributed by atoms with van der Waals surface area (Å²) in [5.74, 6) is 0.710. The summed E-state index contributed by atoms with van der Waals surface area (Å²) in [5.41, 5.74) is 3.07. The van der Waals surface area contributed by atoms with Crippen LogP contribution >= 0.6 is 11.8 Å². The maximum Gasteiger partial charge on any atom is 0.286 e. The quantitative estimate of drug-likeness (QED) is 0.647. The number of piperidine rings is 1. The second-order valence-corrected chi connectivity index (χ2v) is 8.46. The lowest BCUT2D eigenvalue weighted by Crippen LogP contribution is -2.33. The molecule has 3 aliphatic heterocycles. The van der Waals surface area contributed by atoms with Crippen molar-refractivity contribution in [1.82, 2.24) is 4.90 Å². The molecule has 5 rings (SSSR count). The molecule has 0 spiro atoms. The second kappa shape index (κ2) is 7.91. The van der Waals surface area contributed by atoms with E-state index in [2.05, 4.69) is 28.1 Å². The Hall–Kier alpha value is -2.79. The van der Waals surface area contributed by atoms with E-state index < -0.39 is 0 Å². The molecule has 0 bridgehead atoms. The highest BCUT2D eigenvalue weighted by Crippen LogP contribution is 2.40. The first-order valence-corrected chi connectivity index (χ1v) is 10.9. The van der Waals surface area contributed by atoms with Crippen LogP contribution in [0.3, 0.4) is 0 Å². The number of rotatable bonds is 2. The molecule has 29 heavy (non-hydrogen) atoms. The number of amidine groups is 1. The van der Waals surface area contributed by atoms with Crippen molar-refractivity contribution in [3.63, 3.8) is 0 Å². The molecule has 3 heterocycles. The number of amides is 1. The number of fused-ring (bicyclic) bond motifs is 1. The minimum atomic E-state index is -0.244. The van der Waals surface area contributed by atoms with Gasteiger partial charge in [0.15, 0.2) is 5.17 Å². The van der Waals surface area contributed by atoms with Crippen LogP contribution < -0.4 is 4.74 Å². The van der Waals surface area contributed by atoms with Gasteiger partial charge in [-0.25, -0.2) is 0 Å². The van der Waals surface area contributed by atoms with Gasteiger partial charge in [-0.2, -0.15) is 4.99 Å². The predicted octanol–water partition coefficient (Wildman–Crippen LogP) is 5.20. The topological polar surface area (TPSA) is 41.9 Å². The largest absolute Gasteiger partial charge is 0.480 e. The molecule has 0 saturated carbocycles. The van der Waals surface area contributed by atoms with E-state index in [1.54, 1.807) is 0 Å². The number of nitrogens with zero attached hydrogens (tertiary/aromatic N) is 2. The number of carbonyl (C=O) groups is 1. The summed E-state index contributed by atoms with van der Waals surface area (Å²) >= 11 is 1.49. The van der Waals surface area contributed by atoms with Gasteiger partial charge in [-0.05, 0) is 60.4 Å². The molecule has 1 fully saturated rings. The second-order valence-electron chi connectivity index (χ2n) is 7.45. The molecule has 0 aromatic heterocycles. The molecular weight excluding hydrogens is 380 g/mol. The van der Waals surface area contributed by atoms with Crippen LogP contribution in [0.5, 0.6) is 5.75 Å². The van der Waals surface area contributed by atoms with Crippen LogP contribution in [-0.2, 0) is 4.79 Å². The van der Waals surface area contributed by atoms with E-state index >= 15 is 0 Å². The zero-order chi connectivity index (χ0) is 19.6. The smallest absolute Gasteiger partial charge is 0.286 e. The highest BCUT2D eigenvalue weighted by atomic mass is 32.2. The van der Waals surface area contributed by atoms with Gasteiger partial charge in [0.1, 0.15) is 11.9 Å². The van der Waals surface area contributed by atoms with Gasteiger partial charge in [0.25, 0.3) is 5.91 Å². The molecule has 0 radical (unpaired) electrons. The van der Waals surface area contributed by atoms with Crippen molar-refractivity contribution < 1.29 is 9.53 Å². The van der Waals surface area contributed by atoms with Crippen molar-refractivity contribution >= 4 is 28.9 Å². The minimum absolute atomic E-state index is 0.151. The number of likely N-dealkylation sites (tertiary alicyclic amines) is 1. The Labute approximate surface area is 175 Å². The van der Waals surface area contributed by atoms with E-state index in [9.17, 15) is 4.79 Å². The molecule has 1 unspecified atom stereocenters. The van der Waals surface area contributed by atoms with Crippen molar-refractivity contribution in [3.8, 4) is 5.75 Å². The number of carbonyl (C=O) groups excluding carboxylic acids is 1. The van der Waals surface area contributed by atoms with Crippen LogP contribution in [0, 0.1) is 0 Å². The third kappa shape index (κ3) is 3.75. The number of aliphatic imine (C=N–C) groups is 1. The van der Waals surface area contributed by atoms with Gasteiger partial charge >= 0.3 is 0 Å². The van der Waals surface area contributed by atoms with Crippen LogP contribution in [0.25, 0.3) is 6.08 Å². The molecule has 4 nitrogen and oxygen atoms in total. The third-order valence-electron chi connectivity index (χ3n) is 5.42. The summed E-state index contributed by atoms with van der Waals surface area (Å²) in [4.78, 5) is 19.9. The Balaban J connectivity index is 1.47. The maximum atomic E-state index is 12.6. The molecule has 5 heteroatoms. The van der Waals surface area contributed by atoms with Crippen molar-refractivity contribution in [2.24, 2.45) is 4.99 Å². The van der Waals surface area contributed by atoms with Gasteiger partial charge in [-0.1, -0.05) is 48.5 Å². The van der Waals surface area contributed by atoms with Crippen molar-refractivity contribution in [2.45, 2.75) is 25.4 Å². The number of para-hydroxylation sites is 1. The van der Waals surface area contributed by atoms with Crippen LogP contribution in [0.2, 0.25) is 0 Å². The molecule has 146 valence electrons. The lowest BCUT2D eigenvalue weighted by Gasteiger charge is -2.27. The molecular formula is C24H22N2O2S. The van der Waals surface area contributed by atoms with Crippen LogP contribution in [-0.4, -0.2) is 29.1 Å². The van der Waals surface area contributed by atoms with Crippen molar-refractivity contribution in [1.29, 1.82) is 0 Å². The average molecular weight is 403 g/mol. The first-order chi connectivity index (χ1) is 14.3. The third-order valence-corrected chi connectivity index (χ3v) is 6.47. The first-order valence-electron chi connectivity index (χ1n) is 10.1. The van der Waals surface area contributed by atoms with E-state index in [0.717, 1.165) is 40.7 Å². The predicted molar refractivity (Wildman–Crippen MR) is 118 cm³/mol. The van der Waals surface area contributed by atoms with Gasteiger partial charge in [-0.3, -0.25) is 4.79 Å². The monoisotopic (exact) mass is 402 g/mol. The lowest BCUT2D eigenvalue weighted by molar-refractivity contribution is -0.113. The summed E-state index contributed by atoms with van der Waals surface area (Å²) in [6.45, 7) is 1.97. The Morgan fingerprint density at radius 3 is 2.59 bits per heavy atom. The summed E-state index contributed by atoms with van der Waals surface area (Å²) in [7, 11) is 0. The standard InChI is InChI=1S/C24H22N2O2S/c27-23-21(29-24(25-23)26-13-7-2-8-14-26)16-19-15-18-11-5-6-12-20(18)28-22(19)17-9-3-1-4-10-17/h1,3-6,9-12,15-16,22H,2,7-8,13-14H2. The fourth-order valence-corrected chi connectivity index (χ4v) is 4.90. The van der Waals surface area contributed by atoms with E-state index in [4.69, 9.17) is 4.74 Å². The number of hydrogen-bond donors (Lipinski definition) is 0. The summed E-state index contributed by atoms with van der Waals surface area (Å²) in [6, 6.07) is 18.1. The van der Waals surface area contributed by atoms with Gasteiger partial charge in [0.2, 0.25) is 0 Å². The van der Waals surface area contributed by atoms with Gasteiger partial charge in [-0.15, -0.1) is 0 Å². The molecule has 0 N–H and O–H groups in total. The van der Waals surface area contributed by atoms with E-state index in [-0.39, 0.29) is 12.0 Å². The maximum absolute atomic E-state index is 12.6. The fourth-order valence-electron chi connectivity index (χ4n) is 3.93. The Kier molecular flexibility index (Phi) is 4.98. The lowest BCUT2D eigenvalue weighted by atomic mass is 9.95. The number of hydrogen-bond acceptors (Lipinski definition) is 4. The van der Waals surface area contributed by atoms with Gasteiger partial charge in [0.05, 0.1) is 4.91 Å². The molecule has 1 amide bonds.